The monoisotopic (exact) mass is 178 g/mol. The first-order chi connectivity index (χ1) is 6.29. The topological polar surface area (TPSA) is 38.0 Å². The molecule has 0 aliphatic rings. The second kappa shape index (κ2) is 5.73. The number of nitrogens with two attached hydrogens (primary N) is 1. The van der Waals surface area contributed by atoms with Crippen LogP contribution in [0, 0.1) is 0 Å². The predicted octanol–water partition coefficient (Wildman–Crippen LogP) is 1.17. The lowest BCUT2D eigenvalue weighted by atomic mass is 10.1. The molecule has 0 spiro atoms. The second-order valence-corrected chi connectivity index (χ2v) is 3.42. The van der Waals surface area contributed by atoms with E-state index in [1.165, 1.54) is 5.56 Å². The summed E-state index contributed by atoms with van der Waals surface area (Å²) in [6.07, 6.45) is 1.08. The molecular formula is C11H18N2. The molecule has 0 unspecified atom stereocenters. The highest BCUT2D eigenvalue weighted by Crippen LogP contribution is 1.97. The summed E-state index contributed by atoms with van der Waals surface area (Å²) in [7, 11) is 0. The Balaban J connectivity index is 2.13. The largest absolute Gasteiger partial charge is 0.327 e. The van der Waals surface area contributed by atoms with Crippen LogP contribution in [0.15, 0.2) is 30.3 Å². The van der Waals surface area contributed by atoms with Gasteiger partial charge in [0.05, 0.1) is 0 Å². The molecule has 0 saturated carbocycles. The fourth-order valence-electron chi connectivity index (χ4n) is 1.21. The molecule has 0 saturated heterocycles. The maximum absolute atomic E-state index is 5.61. The van der Waals surface area contributed by atoms with Gasteiger partial charge in [0.25, 0.3) is 0 Å². The van der Waals surface area contributed by atoms with Gasteiger partial charge in [-0.2, -0.15) is 0 Å². The third-order valence-corrected chi connectivity index (χ3v) is 1.90. The molecule has 0 fully saturated rings. The van der Waals surface area contributed by atoms with Gasteiger partial charge in [-0.1, -0.05) is 30.3 Å². The minimum Gasteiger partial charge on any atom is -0.327 e. The van der Waals surface area contributed by atoms with Gasteiger partial charge in [0.15, 0.2) is 0 Å². The van der Waals surface area contributed by atoms with Crippen molar-refractivity contribution >= 4 is 0 Å². The van der Waals surface area contributed by atoms with Gasteiger partial charge >= 0.3 is 0 Å². The van der Waals surface area contributed by atoms with Crippen LogP contribution in [0.5, 0.6) is 0 Å². The van der Waals surface area contributed by atoms with Gasteiger partial charge in [-0.25, -0.2) is 0 Å². The highest BCUT2D eigenvalue weighted by Gasteiger charge is 1.93. The van der Waals surface area contributed by atoms with Crippen LogP contribution in [-0.2, 0) is 6.42 Å². The van der Waals surface area contributed by atoms with E-state index in [9.17, 15) is 0 Å². The molecule has 0 amide bonds. The standard InChI is InChI=1S/C11H18N2/c1-10(12)9-13-8-7-11-5-3-2-4-6-11/h2-6,10,13H,7-9,12H2,1H3/t10-/m1/s1. The van der Waals surface area contributed by atoms with Crippen LogP contribution in [0.2, 0.25) is 0 Å². The third kappa shape index (κ3) is 4.65. The molecule has 0 bridgehead atoms. The zero-order valence-corrected chi connectivity index (χ0v) is 8.16. The molecule has 1 aromatic rings. The van der Waals surface area contributed by atoms with Crippen molar-refractivity contribution in [2.45, 2.75) is 19.4 Å². The third-order valence-electron chi connectivity index (χ3n) is 1.90. The van der Waals surface area contributed by atoms with E-state index < -0.39 is 0 Å². The molecule has 0 radical (unpaired) electrons. The summed E-state index contributed by atoms with van der Waals surface area (Å²) < 4.78 is 0. The van der Waals surface area contributed by atoms with Gasteiger partial charge < -0.3 is 11.1 Å². The zero-order valence-electron chi connectivity index (χ0n) is 8.16. The van der Waals surface area contributed by atoms with Gasteiger partial charge in [-0.15, -0.1) is 0 Å². The molecule has 2 nitrogen and oxygen atoms in total. The van der Waals surface area contributed by atoms with Crippen molar-refractivity contribution in [3.63, 3.8) is 0 Å². The summed E-state index contributed by atoms with van der Waals surface area (Å²) in [4.78, 5) is 0. The minimum absolute atomic E-state index is 0.246. The quantitative estimate of drug-likeness (QED) is 0.664. The maximum Gasteiger partial charge on any atom is 0.0136 e. The Hall–Kier alpha value is -0.860. The van der Waals surface area contributed by atoms with Crippen molar-refractivity contribution in [2.75, 3.05) is 13.1 Å². The van der Waals surface area contributed by atoms with Crippen LogP contribution < -0.4 is 11.1 Å². The molecule has 0 aliphatic carbocycles. The molecule has 0 aromatic heterocycles. The first-order valence-electron chi connectivity index (χ1n) is 4.79. The van der Waals surface area contributed by atoms with E-state index in [1.807, 2.05) is 13.0 Å². The predicted molar refractivity (Wildman–Crippen MR) is 56.7 cm³/mol. The van der Waals surface area contributed by atoms with Crippen molar-refractivity contribution in [3.05, 3.63) is 35.9 Å². The summed E-state index contributed by atoms with van der Waals surface area (Å²) in [5.41, 5.74) is 6.98. The van der Waals surface area contributed by atoms with E-state index in [0.717, 1.165) is 19.5 Å². The maximum atomic E-state index is 5.61. The van der Waals surface area contributed by atoms with Gasteiger partial charge in [-0.3, -0.25) is 0 Å². The van der Waals surface area contributed by atoms with E-state index in [1.54, 1.807) is 0 Å². The summed E-state index contributed by atoms with van der Waals surface area (Å²) in [6, 6.07) is 10.7. The van der Waals surface area contributed by atoms with E-state index in [2.05, 4.69) is 29.6 Å². The molecule has 0 heterocycles. The zero-order chi connectivity index (χ0) is 9.52. The Morgan fingerprint density at radius 1 is 1.31 bits per heavy atom. The van der Waals surface area contributed by atoms with Crippen LogP contribution in [0.3, 0.4) is 0 Å². The molecule has 1 aromatic carbocycles. The molecule has 0 aliphatic heterocycles. The normalized spacial score (nSPS) is 12.8. The fraction of sp³-hybridized carbons (Fsp3) is 0.455. The van der Waals surface area contributed by atoms with Crippen LogP contribution >= 0.6 is 0 Å². The van der Waals surface area contributed by atoms with Crippen molar-refractivity contribution < 1.29 is 0 Å². The van der Waals surface area contributed by atoms with Crippen LogP contribution in [0.25, 0.3) is 0 Å². The van der Waals surface area contributed by atoms with E-state index in [4.69, 9.17) is 5.73 Å². The van der Waals surface area contributed by atoms with Gasteiger partial charge in [0, 0.05) is 12.6 Å². The number of hydrogen-bond donors (Lipinski definition) is 2. The summed E-state index contributed by atoms with van der Waals surface area (Å²) >= 11 is 0. The summed E-state index contributed by atoms with van der Waals surface area (Å²) in [5.74, 6) is 0. The first-order valence-corrected chi connectivity index (χ1v) is 4.79. The highest BCUT2D eigenvalue weighted by atomic mass is 14.9. The Morgan fingerprint density at radius 3 is 2.62 bits per heavy atom. The Bertz CT molecular complexity index is 219. The van der Waals surface area contributed by atoms with Gasteiger partial charge in [0.1, 0.15) is 0 Å². The first kappa shape index (κ1) is 10.2. The minimum atomic E-state index is 0.246. The molecular weight excluding hydrogens is 160 g/mol. The number of nitrogens with one attached hydrogen (secondary N) is 1. The Kier molecular flexibility index (Phi) is 4.50. The lowest BCUT2D eigenvalue weighted by Gasteiger charge is -2.06. The lowest BCUT2D eigenvalue weighted by Crippen LogP contribution is -2.32. The highest BCUT2D eigenvalue weighted by molar-refractivity contribution is 5.14. The molecule has 72 valence electrons. The average molecular weight is 178 g/mol. The Labute approximate surface area is 80.1 Å². The summed E-state index contributed by atoms with van der Waals surface area (Å²) in [5, 5.41) is 3.31. The number of benzene rings is 1. The van der Waals surface area contributed by atoms with E-state index in [0.29, 0.717) is 0 Å². The van der Waals surface area contributed by atoms with Crippen molar-refractivity contribution in [2.24, 2.45) is 5.73 Å². The number of hydrogen-bond acceptors (Lipinski definition) is 2. The van der Waals surface area contributed by atoms with Crippen molar-refractivity contribution in [3.8, 4) is 0 Å². The van der Waals surface area contributed by atoms with Crippen molar-refractivity contribution in [1.29, 1.82) is 0 Å². The second-order valence-electron chi connectivity index (χ2n) is 3.42. The smallest absolute Gasteiger partial charge is 0.0136 e. The van der Waals surface area contributed by atoms with Crippen LogP contribution in [-0.4, -0.2) is 19.1 Å². The van der Waals surface area contributed by atoms with Gasteiger partial charge in [0.2, 0.25) is 0 Å². The van der Waals surface area contributed by atoms with E-state index in [-0.39, 0.29) is 6.04 Å². The molecule has 13 heavy (non-hydrogen) atoms. The van der Waals surface area contributed by atoms with Gasteiger partial charge in [-0.05, 0) is 25.5 Å². The van der Waals surface area contributed by atoms with Crippen LogP contribution in [0.4, 0.5) is 0 Å². The number of rotatable bonds is 5. The molecule has 1 atom stereocenters. The summed E-state index contributed by atoms with van der Waals surface area (Å²) in [6.45, 7) is 3.91. The fourth-order valence-corrected chi connectivity index (χ4v) is 1.21. The molecule has 1 rings (SSSR count). The molecule has 3 N–H and O–H groups in total. The Morgan fingerprint density at radius 2 is 2.00 bits per heavy atom. The van der Waals surface area contributed by atoms with Crippen molar-refractivity contribution in [1.82, 2.24) is 5.32 Å². The molecule has 2 heteroatoms. The lowest BCUT2D eigenvalue weighted by molar-refractivity contribution is 0.609. The SMILES string of the molecule is C[C@@H](N)CNCCc1ccccc1. The average Bonchev–Trinajstić information content (AvgIpc) is 2.14. The van der Waals surface area contributed by atoms with E-state index >= 15 is 0 Å². The van der Waals surface area contributed by atoms with Crippen LogP contribution in [0.1, 0.15) is 12.5 Å².